The van der Waals surface area contributed by atoms with E-state index in [0.29, 0.717) is 37.9 Å². The Morgan fingerprint density at radius 3 is 2.52 bits per heavy atom. The van der Waals surface area contributed by atoms with Gasteiger partial charge >= 0.3 is 11.0 Å². The van der Waals surface area contributed by atoms with Crippen LogP contribution in [0, 0.1) is 15.5 Å². The fourth-order valence-electron chi connectivity index (χ4n) is 2.57. The highest BCUT2D eigenvalue weighted by Crippen LogP contribution is 2.36. The summed E-state index contributed by atoms with van der Waals surface area (Å²) < 4.78 is 0. The van der Waals surface area contributed by atoms with Gasteiger partial charge in [-0.25, -0.2) is 0 Å². The summed E-state index contributed by atoms with van der Waals surface area (Å²) in [6.07, 6.45) is 1.36. The lowest BCUT2D eigenvalue weighted by Crippen LogP contribution is -2.46. The van der Waals surface area contributed by atoms with Crippen LogP contribution in [0.1, 0.15) is 36.5 Å². The Morgan fingerprint density at radius 2 is 2.10 bits per heavy atom. The van der Waals surface area contributed by atoms with Gasteiger partial charge in [0.25, 0.3) is 5.91 Å². The number of hydrogen-bond acceptors (Lipinski definition) is 5. The Balaban J connectivity index is 2.06. The van der Waals surface area contributed by atoms with E-state index >= 15 is 0 Å². The van der Waals surface area contributed by atoms with Gasteiger partial charge in [-0.05, 0) is 19.3 Å². The van der Waals surface area contributed by atoms with Gasteiger partial charge < -0.3 is 10.0 Å². The van der Waals surface area contributed by atoms with Crippen LogP contribution in [-0.2, 0) is 4.79 Å². The van der Waals surface area contributed by atoms with Gasteiger partial charge in [0.05, 0.1) is 15.9 Å². The quantitative estimate of drug-likeness (QED) is 0.679. The van der Waals surface area contributed by atoms with Crippen LogP contribution in [0.5, 0.6) is 0 Å². The van der Waals surface area contributed by atoms with Crippen molar-refractivity contribution in [3.63, 3.8) is 0 Å². The fourth-order valence-corrected chi connectivity index (χ4v) is 3.27. The molecule has 21 heavy (non-hydrogen) atoms. The molecule has 114 valence electrons. The SMILES string of the molecule is CCC1(C(=O)O)CCN(C(=O)c2csc([N+](=O)[O-])c2)CC1. The van der Waals surface area contributed by atoms with Gasteiger partial charge in [-0.1, -0.05) is 18.3 Å². The monoisotopic (exact) mass is 312 g/mol. The molecule has 0 aliphatic carbocycles. The third kappa shape index (κ3) is 2.90. The molecule has 0 atom stereocenters. The zero-order valence-electron chi connectivity index (χ0n) is 11.6. The Bertz CT molecular complexity index is 575. The number of rotatable bonds is 4. The summed E-state index contributed by atoms with van der Waals surface area (Å²) in [6.45, 7) is 2.57. The van der Waals surface area contributed by atoms with Crippen molar-refractivity contribution in [1.82, 2.24) is 4.90 Å². The van der Waals surface area contributed by atoms with E-state index in [4.69, 9.17) is 0 Å². The molecule has 0 spiro atoms. The lowest BCUT2D eigenvalue weighted by Gasteiger charge is -2.38. The van der Waals surface area contributed by atoms with E-state index < -0.39 is 16.3 Å². The lowest BCUT2D eigenvalue weighted by molar-refractivity contribution is -0.380. The summed E-state index contributed by atoms with van der Waals surface area (Å²) in [6, 6.07) is 1.27. The molecule has 2 heterocycles. The summed E-state index contributed by atoms with van der Waals surface area (Å²) in [4.78, 5) is 35.3. The number of hydrogen-bond donors (Lipinski definition) is 1. The number of carbonyl (C=O) groups excluding carboxylic acids is 1. The first kappa shape index (κ1) is 15.4. The average molecular weight is 312 g/mol. The molecule has 7 nitrogen and oxygen atoms in total. The zero-order chi connectivity index (χ0) is 15.6. The van der Waals surface area contributed by atoms with Gasteiger partial charge in [-0.2, -0.15) is 0 Å². The van der Waals surface area contributed by atoms with Gasteiger partial charge in [0.1, 0.15) is 0 Å². The van der Waals surface area contributed by atoms with Crippen molar-refractivity contribution in [2.45, 2.75) is 26.2 Å². The van der Waals surface area contributed by atoms with Gasteiger partial charge in [0, 0.05) is 24.5 Å². The van der Waals surface area contributed by atoms with Crippen molar-refractivity contribution >= 4 is 28.2 Å². The van der Waals surface area contributed by atoms with E-state index in [1.54, 1.807) is 4.90 Å². The molecule has 1 aromatic rings. The number of nitrogens with zero attached hydrogens (tertiary/aromatic N) is 2. The van der Waals surface area contributed by atoms with Crippen LogP contribution in [0.25, 0.3) is 0 Å². The number of aliphatic carboxylic acids is 1. The molecule has 1 fully saturated rings. The maximum Gasteiger partial charge on any atom is 0.324 e. The largest absolute Gasteiger partial charge is 0.481 e. The molecule has 1 saturated heterocycles. The summed E-state index contributed by atoms with van der Waals surface area (Å²) in [5.74, 6) is -1.09. The molecular weight excluding hydrogens is 296 g/mol. The first-order chi connectivity index (χ1) is 9.89. The minimum absolute atomic E-state index is 0.0659. The van der Waals surface area contributed by atoms with Crippen molar-refractivity contribution in [1.29, 1.82) is 0 Å². The van der Waals surface area contributed by atoms with Crippen LogP contribution >= 0.6 is 11.3 Å². The van der Waals surface area contributed by atoms with E-state index in [1.165, 1.54) is 11.4 Å². The number of likely N-dealkylation sites (tertiary alicyclic amines) is 1. The molecule has 1 aliphatic rings. The lowest BCUT2D eigenvalue weighted by atomic mass is 9.76. The molecule has 1 aliphatic heterocycles. The van der Waals surface area contributed by atoms with Crippen molar-refractivity contribution in [3.8, 4) is 0 Å². The summed E-state index contributed by atoms with van der Waals surface area (Å²) in [5.41, 5.74) is -0.455. The minimum atomic E-state index is -0.816. The van der Waals surface area contributed by atoms with Crippen molar-refractivity contribution in [3.05, 3.63) is 27.1 Å². The van der Waals surface area contributed by atoms with Gasteiger partial charge in [0.15, 0.2) is 0 Å². The third-order valence-corrected chi connectivity index (χ3v) is 5.03. The molecular formula is C13H16N2O5S. The van der Waals surface area contributed by atoms with Gasteiger partial charge in [-0.15, -0.1) is 0 Å². The maximum absolute atomic E-state index is 12.3. The van der Waals surface area contributed by atoms with Gasteiger partial charge in [0.2, 0.25) is 0 Å². The number of carboxylic acid groups (broad SMARTS) is 1. The Morgan fingerprint density at radius 1 is 1.48 bits per heavy atom. The minimum Gasteiger partial charge on any atom is -0.481 e. The highest BCUT2D eigenvalue weighted by Gasteiger charge is 2.41. The Kier molecular flexibility index (Phi) is 4.26. The number of thiophene rings is 1. The molecule has 0 radical (unpaired) electrons. The maximum atomic E-state index is 12.3. The molecule has 0 unspecified atom stereocenters. The highest BCUT2D eigenvalue weighted by atomic mass is 32.1. The second-order valence-corrected chi connectivity index (χ2v) is 6.05. The standard InChI is InChI=1S/C13H16N2O5S/c1-2-13(12(17)18)3-5-14(6-4-13)11(16)9-7-10(15(19)20)21-8-9/h7-8H,2-6H2,1H3,(H,17,18). The molecule has 0 saturated carbocycles. The fraction of sp³-hybridized carbons (Fsp3) is 0.538. The van der Waals surface area contributed by atoms with E-state index in [1.807, 2.05) is 6.92 Å². The van der Waals surface area contributed by atoms with Crippen molar-refractivity contribution < 1.29 is 19.6 Å². The van der Waals surface area contributed by atoms with Crippen LogP contribution in [0.3, 0.4) is 0 Å². The summed E-state index contributed by atoms with van der Waals surface area (Å²) in [7, 11) is 0. The topological polar surface area (TPSA) is 101 Å². The molecule has 2 rings (SSSR count). The van der Waals surface area contributed by atoms with E-state index in [-0.39, 0.29) is 10.9 Å². The van der Waals surface area contributed by atoms with Gasteiger partial charge in [-0.3, -0.25) is 19.7 Å². The third-order valence-electron chi connectivity index (χ3n) is 4.15. The smallest absolute Gasteiger partial charge is 0.324 e. The Labute approximate surface area is 125 Å². The first-order valence-corrected chi connectivity index (χ1v) is 7.53. The van der Waals surface area contributed by atoms with E-state index in [9.17, 15) is 24.8 Å². The summed E-state index contributed by atoms with van der Waals surface area (Å²) in [5, 5.41) is 21.4. The van der Waals surface area contributed by atoms with Crippen LogP contribution in [0.15, 0.2) is 11.4 Å². The summed E-state index contributed by atoms with van der Waals surface area (Å²) >= 11 is 0.918. The molecule has 0 aromatic carbocycles. The van der Waals surface area contributed by atoms with Crippen LogP contribution in [-0.4, -0.2) is 39.9 Å². The molecule has 1 aromatic heterocycles. The molecule has 0 bridgehead atoms. The van der Waals surface area contributed by atoms with E-state index in [2.05, 4.69) is 0 Å². The second-order valence-electron chi connectivity index (χ2n) is 5.16. The average Bonchev–Trinajstić information content (AvgIpc) is 2.96. The predicted octanol–water partition coefficient (Wildman–Crippen LogP) is 2.37. The number of carbonyl (C=O) groups is 2. The zero-order valence-corrected chi connectivity index (χ0v) is 12.4. The first-order valence-electron chi connectivity index (χ1n) is 6.65. The van der Waals surface area contributed by atoms with Crippen molar-refractivity contribution in [2.75, 3.05) is 13.1 Å². The van der Waals surface area contributed by atoms with Crippen LogP contribution in [0.2, 0.25) is 0 Å². The predicted molar refractivity (Wildman–Crippen MR) is 76.5 cm³/mol. The molecule has 1 amide bonds. The normalized spacial score (nSPS) is 17.5. The van der Waals surface area contributed by atoms with Crippen LogP contribution in [0.4, 0.5) is 5.00 Å². The number of carboxylic acids is 1. The number of piperidine rings is 1. The Hall–Kier alpha value is -1.96. The van der Waals surface area contributed by atoms with E-state index in [0.717, 1.165) is 11.3 Å². The molecule has 8 heteroatoms. The highest BCUT2D eigenvalue weighted by molar-refractivity contribution is 7.13. The number of amides is 1. The second kappa shape index (κ2) is 5.80. The van der Waals surface area contributed by atoms with Crippen LogP contribution < -0.4 is 0 Å². The number of nitro groups is 1. The molecule has 1 N–H and O–H groups in total. The van der Waals surface area contributed by atoms with Crippen molar-refractivity contribution in [2.24, 2.45) is 5.41 Å².